The minimum absolute atomic E-state index is 0.0558. The molecule has 0 saturated carbocycles. The van der Waals surface area contributed by atoms with Gasteiger partial charge < -0.3 is 30.1 Å². The second kappa shape index (κ2) is 8.66. The molecule has 2 aliphatic heterocycles. The lowest BCUT2D eigenvalue weighted by molar-refractivity contribution is 0.0930. The summed E-state index contributed by atoms with van der Waals surface area (Å²) in [6, 6.07) is 3.36. The van der Waals surface area contributed by atoms with E-state index in [0.717, 1.165) is 0 Å². The first-order valence-corrected chi connectivity index (χ1v) is 9.50. The summed E-state index contributed by atoms with van der Waals surface area (Å²) in [6.45, 7) is 8.39. The van der Waals surface area contributed by atoms with Gasteiger partial charge in [0.25, 0.3) is 0 Å². The van der Waals surface area contributed by atoms with Crippen molar-refractivity contribution in [2.75, 3.05) is 44.8 Å². The summed E-state index contributed by atoms with van der Waals surface area (Å²) in [5, 5.41) is 16.4. The van der Waals surface area contributed by atoms with E-state index >= 15 is 0 Å². The number of benzene rings is 1. The molecule has 1 aromatic carbocycles. The fourth-order valence-corrected chi connectivity index (χ4v) is 3.29. The van der Waals surface area contributed by atoms with Crippen LogP contribution in [0, 0.1) is 0 Å². The number of fused-ring (bicyclic) bond motifs is 1. The molecule has 2 amide bonds. The van der Waals surface area contributed by atoms with Crippen LogP contribution in [0.1, 0.15) is 31.1 Å². The number of nitrogens with one attached hydrogen (secondary N) is 2. The quantitative estimate of drug-likeness (QED) is 0.492. The van der Waals surface area contributed by atoms with Gasteiger partial charge in [0.15, 0.2) is 17.3 Å². The average molecular weight is 392 g/mol. The van der Waals surface area contributed by atoms with Gasteiger partial charge in [-0.1, -0.05) is 0 Å². The summed E-state index contributed by atoms with van der Waals surface area (Å²) >= 11 is 0. The maximum Gasteiger partial charge on any atom is 0.317 e. The maximum absolute atomic E-state index is 12.1. The molecule has 9 nitrogen and oxygen atoms in total. The van der Waals surface area contributed by atoms with E-state index in [1.807, 2.05) is 13.8 Å². The van der Waals surface area contributed by atoms with Crippen molar-refractivity contribution in [2.24, 2.45) is 0 Å². The first kappa shape index (κ1) is 20.2. The molecular weight excluding hydrogens is 364 g/mol. The van der Waals surface area contributed by atoms with E-state index in [4.69, 9.17) is 9.47 Å². The number of aliphatic hydroxyl groups is 1. The first-order valence-electron chi connectivity index (χ1n) is 9.50. The Balaban J connectivity index is 1.55. The molecule has 2 aliphatic rings. The lowest BCUT2D eigenvalue weighted by Crippen LogP contribution is -2.54. The van der Waals surface area contributed by atoms with Crippen LogP contribution in [0.25, 0.3) is 0 Å². The van der Waals surface area contributed by atoms with Crippen molar-refractivity contribution in [2.45, 2.75) is 33.0 Å². The Bertz CT molecular complexity index is 731. The number of Topliss-reactive ketones (excluding diaryl/α,β-unsaturated/α-hetero) is 1. The van der Waals surface area contributed by atoms with E-state index in [2.05, 4.69) is 15.5 Å². The Morgan fingerprint density at radius 3 is 2.39 bits per heavy atom. The van der Waals surface area contributed by atoms with Gasteiger partial charge in [-0.3, -0.25) is 9.69 Å². The van der Waals surface area contributed by atoms with Crippen molar-refractivity contribution in [3.63, 3.8) is 0 Å². The van der Waals surface area contributed by atoms with Gasteiger partial charge in [0.2, 0.25) is 6.79 Å². The minimum atomic E-state index is -0.866. The number of aliphatic hydroxyl groups excluding tert-OH is 1. The third-order valence-corrected chi connectivity index (χ3v) is 4.72. The highest BCUT2D eigenvalue weighted by molar-refractivity contribution is 6.00. The highest BCUT2D eigenvalue weighted by atomic mass is 16.7. The first-order chi connectivity index (χ1) is 13.3. The van der Waals surface area contributed by atoms with E-state index in [1.165, 1.54) is 6.92 Å². The van der Waals surface area contributed by atoms with Crippen LogP contribution in [0.3, 0.4) is 0 Å². The Labute approximate surface area is 164 Å². The lowest BCUT2D eigenvalue weighted by atomic mass is 10.1. The smallest absolute Gasteiger partial charge is 0.317 e. The Morgan fingerprint density at radius 2 is 1.79 bits per heavy atom. The Kier molecular flexibility index (Phi) is 6.25. The summed E-state index contributed by atoms with van der Waals surface area (Å²) in [5.41, 5.74) is 0.956. The molecule has 1 unspecified atom stereocenters. The molecule has 3 N–H and O–H groups in total. The zero-order valence-electron chi connectivity index (χ0n) is 16.5. The predicted octanol–water partition coefficient (Wildman–Crippen LogP) is 1.08. The highest BCUT2D eigenvalue weighted by Gasteiger charge is 2.24. The molecule has 2 heterocycles. The van der Waals surface area contributed by atoms with Gasteiger partial charge >= 0.3 is 6.03 Å². The van der Waals surface area contributed by atoms with Gasteiger partial charge in [-0.2, -0.15) is 0 Å². The average Bonchev–Trinajstić information content (AvgIpc) is 3.08. The van der Waals surface area contributed by atoms with E-state index in [9.17, 15) is 14.7 Å². The molecule has 1 aromatic rings. The molecule has 3 rings (SSSR count). The number of piperazine rings is 1. The van der Waals surface area contributed by atoms with Crippen molar-refractivity contribution in [3.05, 3.63) is 17.7 Å². The fourth-order valence-electron chi connectivity index (χ4n) is 3.29. The van der Waals surface area contributed by atoms with Crippen LogP contribution in [0.15, 0.2) is 12.1 Å². The standard InChI is InChI=1S/C19H28N4O5/c1-12(2)20-19(26)23-6-4-22(5-7-23)10-18(25)21-15-9-17-16(27-11-28-17)8-14(15)13(3)24/h8-9,12,18,21,25H,4-7,10-11H2,1-3H3,(H,20,26). The summed E-state index contributed by atoms with van der Waals surface area (Å²) in [5.74, 6) is 0.947. The van der Waals surface area contributed by atoms with Crippen LogP contribution in [0.5, 0.6) is 11.5 Å². The highest BCUT2D eigenvalue weighted by Crippen LogP contribution is 2.37. The van der Waals surface area contributed by atoms with Crippen molar-refractivity contribution in [3.8, 4) is 11.5 Å². The Morgan fingerprint density at radius 1 is 1.14 bits per heavy atom. The molecule has 154 valence electrons. The number of anilines is 1. The molecule has 0 aromatic heterocycles. The van der Waals surface area contributed by atoms with Crippen LogP contribution >= 0.6 is 0 Å². The molecule has 9 heteroatoms. The number of carbonyl (C=O) groups is 2. The number of ether oxygens (including phenoxy) is 2. The number of β-amino-alcohol motifs (C(OH)–C–C–N with tert-alkyl or cyclic N) is 1. The molecule has 0 aliphatic carbocycles. The third-order valence-electron chi connectivity index (χ3n) is 4.72. The van der Waals surface area contributed by atoms with Gasteiger partial charge in [0.05, 0.1) is 5.69 Å². The number of amides is 2. The van der Waals surface area contributed by atoms with Crippen LogP contribution in [-0.2, 0) is 0 Å². The largest absolute Gasteiger partial charge is 0.454 e. The van der Waals surface area contributed by atoms with E-state index in [-0.39, 0.29) is 24.6 Å². The van der Waals surface area contributed by atoms with E-state index in [0.29, 0.717) is 55.5 Å². The number of hydrogen-bond donors (Lipinski definition) is 3. The molecule has 0 radical (unpaired) electrons. The third kappa shape index (κ3) is 4.85. The second-order valence-corrected chi connectivity index (χ2v) is 7.36. The van der Waals surface area contributed by atoms with E-state index in [1.54, 1.807) is 17.0 Å². The monoisotopic (exact) mass is 392 g/mol. The normalized spacial score (nSPS) is 17.5. The molecule has 1 atom stereocenters. The number of nitrogens with zero attached hydrogens (tertiary/aromatic N) is 2. The van der Waals surface area contributed by atoms with Crippen molar-refractivity contribution < 1.29 is 24.2 Å². The number of carbonyl (C=O) groups excluding carboxylic acids is 2. The van der Waals surface area contributed by atoms with E-state index < -0.39 is 6.23 Å². The Hall–Kier alpha value is -2.52. The molecule has 28 heavy (non-hydrogen) atoms. The zero-order valence-corrected chi connectivity index (χ0v) is 16.5. The number of urea groups is 1. The van der Waals surface area contributed by atoms with Gasteiger partial charge in [-0.15, -0.1) is 0 Å². The maximum atomic E-state index is 12.1. The SMILES string of the molecule is CC(=O)c1cc2c(cc1NC(O)CN1CCN(C(=O)NC(C)C)CC1)OCO2. The molecule has 1 fully saturated rings. The van der Waals surface area contributed by atoms with Crippen LogP contribution in [0.2, 0.25) is 0 Å². The number of ketones is 1. The van der Waals surface area contributed by atoms with Gasteiger partial charge in [-0.25, -0.2) is 4.79 Å². The summed E-state index contributed by atoms with van der Waals surface area (Å²) in [6.07, 6.45) is -0.866. The van der Waals surface area contributed by atoms with Crippen LogP contribution in [-0.4, -0.2) is 78.5 Å². The second-order valence-electron chi connectivity index (χ2n) is 7.36. The zero-order chi connectivity index (χ0) is 20.3. The summed E-state index contributed by atoms with van der Waals surface area (Å²) < 4.78 is 10.7. The van der Waals surface area contributed by atoms with Gasteiger partial charge in [0.1, 0.15) is 6.23 Å². The van der Waals surface area contributed by atoms with Gasteiger partial charge in [0, 0.05) is 50.4 Å². The van der Waals surface area contributed by atoms with Crippen molar-refractivity contribution in [1.29, 1.82) is 0 Å². The van der Waals surface area contributed by atoms with Crippen LogP contribution < -0.4 is 20.1 Å². The van der Waals surface area contributed by atoms with Crippen molar-refractivity contribution in [1.82, 2.24) is 15.1 Å². The summed E-state index contributed by atoms with van der Waals surface area (Å²) in [4.78, 5) is 27.9. The van der Waals surface area contributed by atoms with Crippen LogP contribution in [0.4, 0.5) is 10.5 Å². The molecule has 0 spiro atoms. The number of rotatable bonds is 6. The molecule has 1 saturated heterocycles. The topological polar surface area (TPSA) is 103 Å². The lowest BCUT2D eigenvalue weighted by Gasteiger charge is -2.36. The number of hydrogen-bond acceptors (Lipinski definition) is 7. The summed E-state index contributed by atoms with van der Waals surface area (Å²) in [7, 11) is 0. The van der Waals surface area contributed by atoms with Crippen molar-refractivity contribution >= 4 is 17.5 Å². The minimum Gasteiger partial charge on any atom is -0.454 e. The molecule has 0 bridgehead atoms. The predicted molar refractivity (Wildman–Crippen MR) is 104 cm³/mol. The van der Waals surface area contributed by atoms with Gasteiger partial charge in [-0.05, 0) is 26.8 Å². The molecular formula is C19H28N4O5. The fraction of sp³-hybridized carbons (Fsp3) is 0.579.